The molecule has 0 radical (unpaired) electrons. The van der Waals surface area contributed by atoms with E-state index >= 15 is 0 Å². The standard InChI is InChI=1S/C23H25N3O5/c1-23(2,3)15-8-10-16(11-9-15)30-13-12-24-19(27)14-31-22(29)20-17-6-4-5-7-18(17)21(28)26-25-20/h4-11H,12-14H2,1-3H3,(H,24,27)(H,26,28). The van der Waals surface area contributed by atoms with Crippen molar-refractivity contribution < 1.29 is 19.1 Å². The summed E-state index contributed by atoms with van der Waals surface area (Å²) in [7, 11) is 0. The van der Waals surface area contributed by atoms with Crippen LogP contribution in [0.15, 0.2) is 53.3 Å². The number of esters is 1. The number of aromatic amines is 1. The van der Waals surface area contributed by atoms with Gasteiger partial charge in [0.25, 0.3) is 11.5 Å². The minimum atomic E-state index is -0.794. The molecule has 0 bridgehead atoms. The van der Waals surface area contributed by atoms with Gasteiger partial charge in [0, 0.05) is 5.39 Å². The molecule has 162 valence electrons. The number of amides is 1. The Bertz CT molecular complexity index is 1130. The first kappa shape index (κ1) is 22.0. The van der Waals surface area contributed by atoms with E-state index in [4.69, 9.17) is 9.47 Å². The maximum Gasteiger partial charge on any atom is 0.359 e. The van der Waals surface area contributed by atoms with Crippen molar-refractivity contribution in [1.82, 2.24) is 15.5 Å². The van der Waals surface area contributed by atoms with Gasteiger partial charge in [-0.2, -0.15) is 5.10 Å². The highest BCUT2D eigenvalue weighted by Gasteiger charge is 2.17. The second-order valence-electron chi connectivity index (χ2n) is 8.00. The van der Waals surface area contributed by atoms with Crippen LogP contribution in [0.25, 0.3) is 10.8 Å². The van der Waals surface area contributed by atoms with Gasteiger partial charge in [-0.15, -0.1) is 0 Å². The zero-order valence-corrected chi connectivity index (χ0v) is 17.7. The third-order valence-corrected chi connectivity index (χ3v) is 4.64. The summed E-state index contributed by atoms with van der Waals surface area (Å²) in [5.41, 5.74) is 0.823. The minimum Gasteiger partial charge on any atom is -0.492 e. The maximum atomic E-state index is 12.3. The summed E-state index contributed by atoms with van der Waals surface area (Å²) in [4.78, 5) is 36.0. The number of rotatable bonds is 7. The van der Waals surface area contributed by atoms with E-state index in [0.717, 1.165) is 0 Å². The average molecular weight is 423 g/mol. The summed E-state index contributed by atoms with van der Waals surface area (Å²) in [5.74, 6) is -0.545. The molecule has 0 spiro atoms. The van der Waals surface area contributed by atoms with Crippen molar-refractivity contribution in [3.05, 3.63) is 70.1 Å². The van der Waals surface area contributed by atoms with E-state index in [0.29, 0.717) is 16.5 Å². The zero-order valence-electron chi connectivity index (χ0n) is 17.7. The summed E-state index contributed by atoms with van der Waals surface area (Å²) < 4.78 is 10.6. The van der Waals surface area contributed by atoms with Crippen LogP contribution in [0.5, 0.6) is 5.75 Å². The molecule has 31 heavy (non-hydrogen) atoms. The smallest absolute Gasteiger partial charge is 0.359 e. The monoisotopic (exact) mass is 423 g/mol. The number of hydrogen-bond acceptors (Lipinski definition) is 6. The number of aromatic nitrogens is 2. The lowest BCUT2D eigenvalue weighted by molar-refractivity contribution is -0.124. The number of carbonyl (C=O) groups excluding carboxylic acids is 2. The summed E-state index contributed by atoms with van der Waals surface area (Å²) in [6.07, 6.45) is 0. The molecule has 1 amide bonds. The molecule has 0 aliphatic heterocycles. The first-order valence-electron chi connectivity index (χ1n) is 9.90. The second-order valence-corrected chi connectivity index (χ2v) is 8.00. The Morgan fingerprint density at radius 1 is 1.03 bits per heavy atom. The summed E-state index contributed by atoms with van der Waals surface area (Å²) in [6, 6.07) is 14.4. The number of H-pyrrole nitrogens is 1. The van der Waals surface area contributed by atoms with E-state index in [9.17, 15) is 14.4 Å². The van der Waals surface area contributed by atoms with E-state index in [1.807, 2.05) is 24.3 Å². The van der Waals surface area contributed by atoms with Gasteiger partial charge in [0.05, 0.1) is 11.9 Å². The normalized spacial score (nSPS) is 11.2. The van der Waals surface area contributed by atoms with Crippen molar-refractivity contribution in [2.75, 3.05) is 19.8 Å². The fourth-order valence-corrected chi connectivity index (χ4v) is 2.93. The fourth-order valence-electron chi connectivity index (χ4n) is 2.93. The van der Waals surface area contributed by atoms with Crippen molar-refractivity contribution in [2.24, 2.45) is 0 Å². The Morgan fingerprint density at radius 3 is 2.39 bits per heavy atom. The Kier molecular flexibility index (Phi) is 6.69. The lowest BCUT2D eigenvalue weighted by atomic mass is 9.87. The van der Waals surface area contributed by atoms with Gasteiger partial charge in [-0.05, 0) is 29.2 Å². The summed E-state index contributed by atoms with van der Waals surface area (Å²) in [6.45, 7) is 6.49. The quantitative estimate of drug-likeness (QED) is 0.446. The van der Waals surface area contributed by atoms with Crippen molar-refractivity contribution in [3.63, 3.8) is 0 Å². The largest absolute Gasteiger partial charge is 0.492 e. The molecule has 0 atom stereocenters. The SMILES string of the molecule is CC(C)(C)c1ccc(OCCNC(=O)COC(=O)c2n[nH]c(=O)c3ccccc23)cc1. The van der Waals surface area contributed by atoms with E-state index in [1.165, 1.54) is 5.56 Å². The molecular formula is C23H25N3O5. The van der Waals surface area contributed by atoms with Crippen LogP contribution in [0, 0.1) is 0 Å². The first-order valence-corrected chi connectivity index (χ1v) is 9.90. The van der Waals surface area contributed by atoms with E-state index in [2.05, 4.69) is 36.3 Å². The van der Waals surface area contributed by atoms with E-state index in [1.54, 1.807) is 24.3 Å². The molecule has 0 fully saturated rings. The molecule has 0 aliphatic rings. The molecular weight excluding hydrogens is 398 g/mol. The van der Waals surface area contributed by atoms with Gasteiger partial charge < -0.3 is 14.8 Å². The molecule has 0 unspecified atom stereocenters. The second kappa shape index (κ2) is 9.42. The number of hydrogen-bond donors (Lipinski definition) is 2. The third-order valence-electron chi connectivity index (χ3n) is 4.64. The van der Waals surface area contributed by atoms with Crippen LogP contribution in [0.4, 0.5) is 0 Å². The van der Waals surface area contributed by atoms with E-state index in [-0.39, 0.29) is 24.3 Å². The van der Waals surface area contributed by atoms with Crippen LogP contribution >= 0.6 is 0 Å². The number of ether oxygens (including phenoxy) is 2. The molecule has 2 aromatic carbocycles. The predicted molar refractivity (Wildman–Crippen MR) is 116 cm³/mol. The van der Waals surface area contributed by atoms with Crippen molar-refractivity contribution in [2.45, 2.75) is 26.2 Å². The van der Waals surface area contributed by atoms with Crippen molar-refractivity contribution in [1.29, 1.82) is 0 Å². The summed E-state index contributed by atoms with van der Waals surface area (Å²) >= 11 is 0. The number of nitrogens with zero attached hydrogens (tertiary/aromatic N) is 1. The van der Waals surface area contributed by atoms with Crippen LogP contribution in [0.3, 0.4) is 0 Å². The fraction of sp³-hybridized carbons (Fsp3) is 0.304. The molecule has 1 heterocycles. The summed E-state index contributed by atoms with van der Waals surface area (Å²) in [5, 5.41) is 9.31. The van der Waals surface area contributed by atoms with Crippen LogP contribution in [-0.4, -0.2) is 41.8 Å². The van der Waals surface area contributed by atoms with Crippen LogP contribution < -0.4 is 15.6 Å². The lowest BCUT2D eigenvalue weighted by Gasteiger charge is -2.19. The highest BCUT2D eigenvalue weighted by molar-refractivity contribution is 6.02. The maximum absolute atomic E-state index is 12.3. The number of nitrogens with one attached hydrogen (secondary N) is 2. The van der Waals surface area contributed by atoms with Gasteiger partial charge in [-0.1, -0.05) is 51.1 Å². The molecule has 3 rings (SSSR count). The predicted octanol–water partition coefficient (Wildman–Crippen LogP) is 2.57. The average Bonchev–Trinajstić information content (AvgIpc) is 2.75. The number of benzene rings is 2. The first-order chi connectivity index (χ1) is 14.8. The van der Waals surface area contributed by atoms with Gasteiger partial charge in [0.1, 0.15) is 12.4 Å². The van der Waals surface area contributed by atoms with Crippen molar-refractivity contribution >= 4 is 22.6 Å². The molecule has 1 aromatic heterocycles. The molecule has 8 heteroatoms. The highest BCUT2D eigenvalue weighted by atomic mass is 16.5. The van der Waals surface area contributed by atoms with Crippen LogP contribution in [0.1, 0.15) is 36.8 Å². The minimum absolute atomic E-state index is 0.0509. The third kappa shape index (κ3) is 5.69. The zero-order chi connectivity index (χ0) is 22.4. The van der Waals surface area contributed by atoms with Gasteiger partial charge in [0.15, 0.2) is 12.3 Å². The Balaban J connectivity index is 1.44. The van der Waals surface area contributed by atoms with Gasteiger partial charge in [-0.3, -0.25) is 9.59 Å². The van der Waals surface area contributed by atoms with Crippen molar-refractivity contribution in [3.8, 4) is 5.75 Å². The molecule has 8 nitrogen and oxygen atoms in total. The van der Waals surface area contributed by atoms with Crippen LogP contribution in [-0.2, 0) is 14.9 Å². The number of fused-ring (bicyclic) bond motifs is 1. The molecule has 2 N–H and O–H groups in total. The number of carbonyl (C=O) groups is 2. The Labute approximate surface area is 179 Å². The Morgan fingerprint density at radius 2 is 1.71 bits per heavy atom. The molecule has 0 saturated carbocycles. The van der Waals surface area contributed by atoms with Gasteiger partial charge in [-0.25, -0.2) is 9.89 Å². The molecule has 0 aliphatic carbocycles. The topological polar surface area (TPSA) is 110 Å². The molecule has 3 aromatic rings. The van der Waals surface area contributed by atoms with E-state index < -0.39 is 24.0 Å². The lowest BCUT2D eigenvalue weighted by Crippen LogP contribution is -2.32. The van der Waals surface area contributed by atoms with Gasteiger partial charge >= 0.3 is 5.97 Å². The highest BCUT2D eigenvalue weighted by Crippen LogP contribution is 2.24. The van der Waals surface area contributed by atoms with Gasteiger partial charge in [0.2, 0.25) is 0 Å². The molecule has 0 saturated heterocycles. The Hall–Kier alpha value is -3.68. The van der Waals surface area contributed by atoms with Crippen LogP contribution in [0.2, 0.25) is 0 Å².